The highest BCUT2D eigenvalue weighted by atomic mass is 16.3. The lowest BCUT2D eigenvalue weighted by Crippen LogP contribution is -2.51. The third-order valence-electron chi connectivity index (χ3n) is 3.46. The highest BCUT2D eigenvalue weighted by Gasteiger charge is 2.34. The van der Waals surface area contributed by atoms with Gasteiger partial charge >= 0.3 is 0 Å². The van der Waals surface area contributed by atoms with Gasteiger partial charge in [-0.05, 0) is 24.2 Å². The average molecular weight is 300 g/mol. The standard InChI is InChI=1S/C17H36N2O2/c1-8-9-18-16(20)15(14(6)7)17(21)19(10-12(2)3)11-13(4)5/h12-15,17,21H,8-11H2,1-7H3,(H,18,20). The monoisotopic (exact) mass is 300 g/mol. The summed E-state index contributed by atoms with van der Waals surface area (Å²) in [6, 6.07) is 0. The summed E-state index contributed by atoms with van der Waals surface area (Å²) in [5.74, 6) is 0.624. The molecule has 0 radical (unpaired) electrons. The van der Waals surface area contributed by atoms with Crippen molar-refractivity contribution in [1.82, 2.24) is 10.2 Å². The summed E-state index contributed by atoms with van der Waals surface area (Å²) in [6.07, 6.45) is 0.195. The minimum atomic E-state index is -0.716. The maximum atomic E-state index is 12.4. The average Bonchev–Trinajstić information content (AvgIpc) is 2.33. The van der Waals surface area contributed by atoms with Crippen LogP contribution in [0, 0.1) is 23.7 Å². The summed E-state index contributed by atoms with van der Waals surface area (Å²) in [5, 5.41) is 13.7. The van der Waals surface area contributed by atoms with Crippen LogP contribution >= 0.6 is 0 Å². The molecule has 0 spiro atoms. The van der Waals surface area contributed by atoms with Crippen molar-refractivity contribution in [2.75, 3.05) is 19.6 Å². The second kappa shape index (κ2) is 10.2. The zero-order valence-corrected chi connectivity index (χ0v) is 15.0. The molecule has 0 saturated carbocycles. The predicted octanol–water partition coefficient (Wildman–Crippen LogP) is 2.72. The molecule has 0 aromatic rings. The number of nitrogens with one attached hydrogen (secondary N) is 1. The van der Waals surface area contributed by atoms with Gasteiger partial charge in [0.15, 0.2) is 0 Å². The highest BCUT2D eigenvalue weighted by Crippen LogP contribution is 2.21. The van der Waals surface area contributed by atoms with Crippen molar-refractivity contribution >= 4 is 5.91 Å². The minimum Gasteiger partial charge on any atom is -0.378 e. The fourth-order valence-electron chi connectivity index (χ4n) is 2.60. The lowest BCUT2D eigenvalue weighted by Gasteiger charge is -2.36. The Morgan fingerprint density at radius 1 is 1.05 bits per heavy atom. The van der Waals surface area contributed by atoms with Crippen LogP contribution in [0.25, 0.3) is 0 Å². The maximum absolute atomic E-state index is 12.4. The summed E-state index contributed by atoms with van der Waals surface area (Å²) in [4.78, 5) is 14.4. The molecule has 0 saturated heterocycles. The van der Waals surface area contributed by atoms with E-state index in [-0.39, 0.29) is 17.7 Å². The van der Waals surface area contributed by atoms with Crippen LogP contribution in [-0.4, -0.2) is 41.8 Å². The topological polar surface area (TPSA) is 52.6 Å². The van der Waals surface area contributed by atoms with Crippen molar-refractivity contribution in [2.45, 2.75) is 61.1 Å². The van der Waals surface area contributed by atoms with Crippen LogP contribution in [-0.2, 0) is 4.79 Å². The molecule has 4 nitrogen and oxygen atoms in total. The highest BCUT2D eigenvalue weighted by molar-refractivity contribution is 5.79. The van der Waals surface area contributed by atoms with E-state index in [0.717, 1.165) is 19.5 Å². The number of hydrogen-bond acceptors (Lipinski definition) is 3. The molecule has 0 fully saturated rings. The fraction of sp³-hybridized carbons (Fsp3) is 0.941. The zero-order valence-electron chi connectivity index (χ0n) is 15.0. The van der Waals surface area contributed by atoms with E-state index >= 15 is 0 Å². The zero-order chi connectivity index (χ0) is 16.6. The molecule has 21 heavy (non-hydrogen) atoms. The van der Waals surface area contributed by atoms with Gasteiger partial charge in [-0.25, -0.2) is 0 Å². The molecule has 1 amide bonds. The van der Waals surface area contributed by atoms with Gasteiger partial charge in [0.05, 0.1) is 5.92 Å². The van der Waals surface area contributed by atoms with Crippen LogP contribution in [0.3, 0.4) is 0 Å². The first-order chi connectivity index (χ1) is 9.70. The van der Waals surface area contributed by atoms with Crippen molar-refractivity contribution in [3.8, 4) is 0 Å². The first-order valence-corrected chi connectivity index (χ1v) is 8.40. The molecule has 2 atom stereocenters. The summed E-state index contributed by atoms with van der Waals surface area (Å²) in [7, 11) is 0. The molecule has 0 aliphatic rings. The second-order valence-electron chi connectivity index (χ2n) is 7.22. The van der Waals surface area contributed by atoms with Crippen LogP contribution in [0.5, 0.6) is 0 Å². The maximum Gasteiger partial charge on any atom is 0.227 e. The van der Waals surface area contributed by atoms with Gasteiger partial charge in [-0.3, -0.25) is 9.69 Å². The van der Waals surface area contributed by atoms with Crippen LogP contribution in [0.15, 0.2) is 0 Å². The summed E-state index contributed by atoms with van der Waals surface area (Å²) < 4.78 is 0. The largest absolute Gasteiger partial charge is 0.378 e. The molecule has 2 unspecified atom stereocenters. The van der Waals surface area contributed by atoms with E-state index in [0.29, 0.717) is 18.4 Å². The molecule has 0 heterocycles. The molecule has 2 N–H and O–H groups in total. The van der Waals surface area contributed by atoms with Crippen LogP contribution in [0.2, 0.25) is 0 Å². The van der Waals surface area contributed by atoms with E-state index in [2.05, 4.69) is 37.9 Å². The summed E-state index contributed by atoms with van der Waals surface area (Å²) in [6.45, 7) is 16.9. The Hall–Kier alpha value is -0.610. The third kappa shape index (κ3) is 7.82. The van der Waals surface area contributed by atoms with Crippen LogP contribution in [0.1, 0.15) is 54.9 Å². The number of amides is 1. The third-order valence-corrected chi connectivity index (χ3v) is 3.46. The quantitative estimate of drug-likeness (QED) is 0.610. The number of rotatable bonds is 10. The fourth-order valence-corrected chi connectivity index (χ4v) is 2.60. The molecule has 126 valence electrons. The molecule has 4 heteroatoms. The molecular weight excluding hydrogens is 264 g/mol. The minimum absolute atomic E-state index is 0.0307. The Balaban J connectivity index is 5.01. The number of aliphatic hydroxyl groups excluding tert-OH is 1. The van der Waals surface area contributed by atoms with Crippen molar-refractivity contribution < 1.29 is 9.90 Å². The second-order valence-corrected chi connectivity index (χ2v) is 7.22. The van der Waals surface area contributed by atoms with E-state index in [1.54, 1.807) is 0 Å². The number of carbonyl (C=O) groups is 1. The van der Waals surface area contributed by atoms with Gasteiger partial charge in [0.25, 0.3) is 0 Å². The van der Waals surface area contributed by atoms with Crippen molar-refractivity contribution in [1.29, 1.82) is 0 Å². The van der Waals surface area contributed by atoms with Gasteiger partial charge < -0.3 is 10.4 Å². The lowest BCUT2D eigenvalue weighted by atomic mass is 9.91. The first kappa shape index (κ1) is 20.4. The molecular formula is C17H36N2O2. The van der Waals surface area contributed by atoms with Crippen molar-refractivity contribution in [2.24, 2.45) is 23.7 Å². The number of carbonyl (C=O) groups excluding carboxylic acids is 1. The van der Waals surface area contributed by atoms with Gasteiger partial charge in [-0.1, -0.05) is 48.5 Å². The van der Waals surface area contributed by atoms with E-state index in [4.69, 9.17) is 0 Å². The number of nitrogens with zero attached hydrogens (tertiary/aromatic N) is 1. The Bertz CT molecular complexity index is 281. The molecule has 0 aliphatic heterocycles. The van der Waals surface area contributed by atoms with Gasteiger partial charge in [0, 0.05) is 19.6 Å². The van der Waals surface area contributed by atoms with E-state index < -0.39 is 6.23 Å². The number of aliphatic hydroxyl groups is 1. The molecule has 0 aromatic heterocycles. The first-order valence-electron chi connectivity index (χ1n) is 8.40. The van der Waals surface area contributed by atoms with E-state index in [1.807, 2.05) is 20.8 Å². The summed E-state index contributed by atoms with van der Waals surface area (Å²) >= 11 is 0. The van der Waals surface area contributed by atoms with E-state index in [1.165, 1.54) is 0 Å². The molecule has 0 aromatic carbocycles. The van der Waals surface area contributed by atoms with Crippen LogP contribution in [0.4, 0.5) is 0 Å². The number of hydrogen-bond donors (Lipinski definition) is 2. The smallest absolute Gasteiger partial charge is 0.227 e. The Kier molecular flexibility index (Phi) is 9.88. The Morgan fingerprint density at radius 2 is 1.52 bits per heavy atom. The SMILES string of the molecule is CCCNC(=O)C(C(C)C)C(O)N(CC(C)C)CC(C)C. The van der Waals surface area contributed by atoms with Crippen LogP contribution < -0.4 is 5.32 Å². The van der Waals surface area contributed by atoms with Gasteiger partial charge in [-0.2, -0.15) is 0 Å². The lowest BCUT2D eigenvalue weighted by molar-refractivity contribution is -0.139. The molecule has 0 aliphatic carbocycles. The Morgan fingerprint density at radius 3 is 1.86 bits per heavy atom. The molecule has 0 rings (SSSR count). The van der Waals surface area contributed by atoms with E-state index in [9.17, 15) is 9.90 Å². The van der Waals surface area contributed by atoms with Gasteiger partial charge in [0.2, 0.25) is 5.91 Å². The van der Waals surface area contributed by atoms with Crippen molar-refractivity contribution in [3.63, 3.8) is 0 Å². The van der Waals surface area contributed by atoms with Crippen molar-refractivity contribution in [3.05, 3.63) is 0 Å². The normalized spacial score (nSPS) is 15.0. The Labute approximate surface area is 131 Å². The molecule has 0 bridgehead atoms. The summed E-state index contributed by atoms with van der Waals surface area (Å²) in [5.41, 5.74) is 0. The van der Waals surface area contributed by atoms with Gasteiger partial charge in [0.1, 0.15) is 6.23 Å². The van der Waals surface area contributed by atoms with Gasteiger partial charge in [-0.15, -0.1) is 0 Å². The predicted molar refractivity (Wildman–Crippen MR) is 88.9 cm³/mol.